The first kappa shape index (κ1) is 15.4. The Morgan fingerprint density at radius 2 is 1.54 bits per heavy atom. The molecule has 0 aliphatic heterocycles. The first-order valence-electron chi connectivity index (χ1n) is 9.22. The molecule has 0 saturated carbocycles. The number of benzene rings is 2. The summed E-state index contributed by atoms with van der Waals surface area (Å²) < 4.78 is 11.9. The van der Waals surface area contributed by atoms with Crippen LogP contribution in [0.2, 0.25) is 0 Å². The lowest BCUT2D eigenvalue weighted by Gasteiger charge is -2.17. The van der Waals surface area contributed by atoms with Crippen molar-refractivity contribution in [3.05, 3.63) is 69.3 Å². The Labute approximate surface area is 151 Å². The highest BCUT2D eigenvalue weighted by molar-refractivity contribution is 6.05. The van der Waals surface area contributed by atoms with Gasteiger partial charge in [0.25, 0.3) is 0 Å². The minimum atomic E-state index is -0.179. The summed E-state index contributed by atoms with van der Waals surface area (Å²) in [5.74, 6) is 0.890. The van der Waals surface area contributed by atoms with Crippen LogP contribution in [-0.2, 0) is 12.8 Å². The molecule has 2 heterocycles. The summed E-state index contributed by atoms with van der Waals surface area (Å²) in [6, 6.07) is 12.5. The monoisotopic (exact) mass is 344 g/mol. The smallest absolute Gasteiger partial charge is 0.339 e. The van der Waals surface area contributed by atoms with Crippen molar-refractivity contribution in [1.82, 2.24) is 0 Å². The Kier molecular flexibility index (Phi) is 3.33. The third-order valence-electron chi connectivity index (χ3n) is 5.63. The molecule has 130 valence electrons. The van der Waals surface area contributed by atoms with Gasteiger partial charge in [0, 0.05) is 27.5 Å². The van der Waals surface area contributed by atoms with Gasteiger partial charge >= 0.3 is 5.63 Å². The number of fused-ring (bicyclic) bond motifs is 4. The predicted octanol–water partition coefficient (Wildman–Crippen LogP) is 5.70. The van der Waals surface area contributed by atoms with Gasteiger partial charge in [-0.05, 0) is 56.7 Å². The van der Waals surface area contributed by atoms with Crippen molar-refractivity contribution >= 4 is 21.9 Å². The van der Waals surface area contributed by atoms with E-state index in [1.807, 2.05) is 32.0 Å². The van der Waals surface area contributed by atoms with Crippen LogP contribution in [0.3, 0.4) is 0 Å². The highest BCUT2D eigenvalue weighted by Gasteiger charge is 2.23. The Balaban J connectivity index is 1.94. The van der Waals surface area contributed by atoms with Crippen molar-refractivity contribution in [2.45, 2.75) is 39.5 Å². The summed E-state index contributed by atoms with van der Waals surface area (Å²) in [4.78, 5) is 12.5. The van der Waals surface area contributed by atoms with Gasteiger partial charge in [-0.2, -0.15) is 0 Å². The van der Waals surface area contributed by atoms with E-state index in [9.17, 15) is 4.79 Å². The third kappa shape index (κ3) is 2.10. The molecular formula is C23H20O3. The topological polar surface area (TPSA) is 43.4 Å². The molecule has 4 aromatic rings. The second-order valence-corrected chi connectivity index (χ2v) is 7.21. The van der Waals surface area contributed by atoms with E-state index in [1.54, 1.807) is 0 Å². The van der Waals surface area contributed by atoms with Gasteiger partial charge in [0.05, 0.1) is 0 Å². The van der Waals surface area contributed by atoms with Crippen molar-refractivity contribution in [1.29, 1.82) is 0 Å². The van der Waals surface area contributed by atoms with Crippen LogP contribution in [0, 0.1) is 13.8 Å². The van der Waals surface area contributed by atoms with Crippen LogP contribution in [0.25, 0.3) is 33.1 Å². The summed E-state index contributed by atoms with van der Waals surface area (Å²) in [6.07, 6.45) is 3.95. The lowest BCUT2D eigenvalue weighted by Crippen LogP contribution is -2.16. The Hall–Kier alpha value is -2.81. The van der Waals surface area contributed by atoms with Gasteiger partial charge in [-0.1, -0.05) is 30.3 Å². The maximum Gasteiger partial charge on any atom is 0.339 e. The summed E-state index contributed by atoms with van der Waals surface area (Å²) in [6.45, 7) is 3.98. The van der Waals surface area contributed by atoms with Gasteiger partial charge < -0.3 is 8.83 Å². The standard InChI is InChI=1S/C23H20O3/c1-13-21-18(16-10-6-7-11-17(16)23(24)26-21)12-19-20(14(2)25-22(13)19)15-8-4-3-5-9-15/h3-5,8-9,12H,6-7,10-11H2,1-2H3. The summed E-state index contributed by atoms with van der Waals surface area (Å²) in [5, 5.41) is 2.17. The molecule has 0 spiro atoms. The van der Waals surface area contributed by atoms with Gasteiger partial charge in [-0.15, -0.1) is 0 Å². The molecule has 0 amide bonds. The Morgan fingerprint density at radius 3 is 2.31 bits per heavy atom. The maximum absolute atomic E-state index is 12.5. The second-order valence-electron chi connectivity index (χ2n) is 7.21. The van der Waals surface area contributed by atoms with E-state index >= 15 is 0 Å². The molecule has 1 aliphatic rings. The largest absolute Gasteiger partial charge is 0.460 e. The van der Waals surface area contributed by atoms with Gasteiger partial charge in [0.1, 0.15) is 16.9 Å². The van der Waals surface area contributed by atoms with Crippen molar-refractivity contribution in [3.63, 3.8) is 0 Å². The third-order valence-corrected chi connectivity index (χ3v) is 5.63. The summed E-state index contributed by atoms with van der Waals surface area (Å²) in [7, 11) is 0. The Bertz CT molecular complexity index is 1210. The van der Waals surface area contributed by atoms with Crippen LogP contribution in [0.5, 0.6) is 0 Å². The number of hydrogen-bond donors (Lipinski definition) is 0. The van der Waals surface area contributed by atoms with E-state index in [4.69, 9.17) is 8.83 Å². The zero-order chi connectivity index (χ0) is 17.8. The van der Waals surface area contributed by atoms with Crippen LogP contribution >= 0.6 is 0 Å². The molecule has 3 nitrogen and oxygen atoms in total. The van der Waals surface area contributed by atoms with Crippen LogP contribution in [0.4, 0.5) is 0 Å². The van der Waals surface area contributed by atoms with E-state index in [1.165, 1.54) is 5.56 Å². The summed E-state index contributed by atoms with van der Waals surface area (Å²) in [5.41, 5.74) is 6.53. The van der Waals surface area contributed by atoms with E-state index in [0.29, 0.717) is 5.58 Å². The van der Waals surface area contributed by atoms with Crippen LogP contribution in [-0.4, -0.2) is 0 Å². The quantitative estimate of drug-likeness (QED) is 0.416. The summed E-state index contributed by atoms with van der Waals surface area (Å²) >= 11 is 0. The van der Waals surface area contributed by atoms with Crippen molar-refractivity contribution in [3.8, 4) is 11.1 Å². The fourth-order valence-electron chi connectivity index (χ4n) is 4.39. The van der Waals surface area contributed by atoms with E-state index < -0.39 is 0 Å². The van der Waals surface area contributed by atoms with E-state index in [0.717, 1.165) is 70.1 Å². The first-order valence-corrected chi connectivity index (χ1v) is 9.22. The zero-order valence-corrected chi connectivity index (χ0v) is 15.0. The molecule has 3 heteroatoms. The number of hydrogen-bond acceptors (Lipinski definition) is 3. The molecule has 5 rings (SSSR count). The molecule has 0 bridgehead atoms. The minimum Gasteiger partial charge on any atom is -0.460 e. The van der Waals surface area contributed by atoms with Gasteiger partial charge in [0.2, 0.25) is 0 Å². The molecule has 0 saturated heterocycles. The highest BCUT2D eigenvalue weighted by Crippen LogP contribution is 2.40. The normalized spacial score (nSPS) is 14.1. The van der Waals surface area contributed by atoms with Gasteiger partial charge in [-0.25, -0.2) is 4.79 Å². The molecular weight excluding hydrogens is 324 g/mol. The van der Waals surface area contributed by atoms with Gasteiger partial charge in [0.15, 0.2) is 0 Å². The number of furan rings is 1. The molecule has 0 radical (unpaired) electrons. The van der Waals surface area contributed by atoms with Crippen LogP contribution in [0.15, 0.2) is 50.0 Å². The lowest BCUT2D eigenvalue weighted by molar-refractivity contribution is 0.529. The predicted molar refractivity (Wildman–Crippen MR) is 104 cm³/mol. The van der Waals surface area contributed by atoms with Crippen molar-refractivity contribution in [2.75, 3.05) is 0 Å². The van der Waals surface area contributed by atoms with Crippen molar-refractivity contribution in [2.24, 2.45) is 0 Å². The number of aryl methyl sites for hydroxylation is 3. The molecule has 0 N–H and O–H groups in total. The van der Waals surface area contributed by atoms with E-state index in [-0.39, 0.29) is 5.63 Å². The van der Waals surface area contributed by atoms with Crippen LogP contribution < -0.4 is 5.63 Å². The highest BCUT2D eigenvalue weighted by atomic mass is 16.4. The molecule has 26 heavy (non-hydrogen) atoms. The fraction of sp³-hybridized carbons (Fsp3) is 0.261. The first-order chi connectivity index (χ1) is 12.6. The SMILES string of the molecule is Cc1oc2c(C)c3oc(=O)c4c(c3cc2c1-c1ccccc1)CCCC4. The van der Waals surface area contributed by atoms with Gasteiger partial charge in [-0.3, -0.25) is 0 Å². The average Bonchev–Trinajstić information content (AvgIpc) is 3.00. The zero-order valence-electron chi connectivity index (χ0n) is 15.0. The molecule has 1 aliphatic carbocycles. The second kappa shape index (κ2) is 5.60. The number of rotatable bonds is 1. The molecule has 2 aromatic carbocycles. The molecule has 0 fully saturated rings. The molecule has 0 unspecified atom stereocenters. The average molecular weight is 344 g/mol. The maximum atomic E-state index is 12.5. The Morgan fingerprint density at radius 1 is 0.846 bits per heavy atom. The van der Waals surface area contributed by atoms with Crippen LogP contribution in [0.1, 0.15) is 35.3 Å². The minimum absolute atomic E-state index is 0.179. The molecule has 0 atom stereocenters. The van der Waals surface area contributed by atoms with E-state index in [2.05, 4.69) is 18.2 Å². The molecule has 2 aromatic heterocycles. The van der Waals surface area contributed by atoms with Crippen molar-refractivity contribution < 1.29 is 8.83 Å². The lowest BCUT2D eigenvalue weighted by atomic mass is 9.89. The fourth-order valence-corrected chi connectivity index (χ4v) is 4.39.